The number of hydrogen-bond acceptors (Lipinski definition) is 8. The van der Waals surface area contributed by atoms with Crippen LogP contribution in [0, 0.1) is 12.8 Å². The van der Waals surface area contributed by atoms with Gasteiger partial charge in [-0.1, -0.05) is 18.2 Å². The molecule has 0 unspecified atom stereocenters. The lowest BCUT2D eigenvalue weighted by Gasteiger charge is -2.33. The maximum absolute atomic E-state index is 12.3. The summed E-state index contributed by atoms with van der Waals surface area (Å²) in [6.07, 6.45) is 3.43. The monoisotopic (exact) mass is 451 g/mol. The fraction of sp³-hybridized carbons (Fsp3) is 0.318. The predicted octanol–water partition coefficient (Wildman–Crippen LogP) is 2.73. The summed E-state index contributed by atoms with van der Waals surface area (Å²) in [4.78, 5) is 35.1. The van der Waals surface area contributed by atoms with Gasteiger partial charge in [-0.3, -0.25) is 9.59 Å². The Kier molecular flexibility index (Phi) is 6.60. The normalized spacial score (nSPS) is 14.2. The van der Waals surface area contributed by atoms with Gasteiger partial charge in [0.15, 0.2) is 11.5 Å². The molecule has 32 heavy (non-hydrogen) atoms. The topological polar surface area (TPSA) is 126 Å². The first-order chi connectivity index (χ1) is 15.5. The first-order valence-corrected chi connectivity index (χ1v) is 11.2. The van der Waals surface area contributed by atoms with Crippen LogP contribution in [0.4, 0.5) is 16.6 Å². The summed E-state index contributed by atoms with van der Waals surface area (Å²) in [6, 6.07) is 11.1. The van der Waals surface area contributed by atoms with Crippen LogP contribution in [0.5, 0.6) is 0 Å². The first kappa shape index (κ1) is 21.7. The van der Waals surface area contributed by atoms with Crippen molar-refractivity contribution in [2.24, 2.45) is 11.7 Å². The number of nitrogens with two attached hydrogens (primary N) is 1. The smallest absolute Gasteiger partial charge is 0.271 e. The van der Waals surface area contributed by atoms with Gasteiger partial charge < -0.3 is 21.3 Å². The fourth-order valence-corrected chi connectivity index (χ4v) is 4.29. The standard InChI is InChI=1S/C22H25N7O2S/c1-14-11-18(32-28-14)27-21-19(20(23)30)24-13-17(26-21)29-9-7-15(8-10-29)12-25-22(31)16-5-3-2-4-6-16/h2-6,11,13,15H,7-10,12H2,1H3,(H2,23,30)(H,25,31)(H,26,27). The van der Waals surface area contributed by atoms with Crippen molar-refractivity contribution in [2.75, 3.05) is 29.9 Å². The molecule has 0 radical (unpaired) electrons. The minimum absolute atomic E-state index is 0.0463. The van der Waals surface area contributed by atoms with Crippen molar-refractivity contribution in [1.29, 1.82) is 0 Å². The lowest BCUT2D eigenvalue weighted by Crippen LogP contribution is -2.39. The number of aryl methyl sites for hydroxylation is 1. The Hall–Kier alpha value is -3.53. The van der Waals surface area contributed by atoms with Crippen LogP contribution in [0.3, 0.4) is 0 Å². The van der Waals surface area contributed by atoms with E-state index in [9.17, 15) is 9.59 Å². The molecule has 2 amide bonds. The largest absolute Gasteiger partial charge is 0.364 e. The van der Waals surface area contributed by atoms with Crippen molar-refractivity contribution in [2.45, 2.75) is 19.8 Å². The number of piperidine rings is 1. The Morgan fingerprint density at radius 3 is 2.62 bits per heavy atom. The second kappa shape index (κ2) is 9.73. The van der Waals surface area contributed by atoms with Crippen molar-refractivity contribution >= 4 is 40.0 Å². The number of aromatic nitrogens is 3. The lowest BCUT2D eigenvalue weighted by molar-refractivity contribution is 0.0943. The SMILES string of the molecule is Cc1cc(Nc2nc(N3CCC(CNC(=O)c4ccccc4)CC3)cnc2C(N)=O)sn1. The van der Waals surface area contributed by atoms with E-state index in [-0.39, 0.29) is 11.6 Å². The zero-order valence-electron chi connectivity index (χ0n) is 17.7. The van der Waals surface area contributed by atoms with Gasteiger partial charge in [0.2, 0.25) is 0 Å². The Labute approximate surface area is 190 Å². The number of rotatable bonds is 7. The Morgan fingerprint density at radius 2 is 1.97 bits per heavy atom. The number of nitrogens with one attached hydrogen (secondary N) is 2. The van der Waals surface area contributed by atoms with E-state index in [4.69, 9.17) is 5.73 Å². The molecule has 3 heterocycles. The molecule has 0 bridgehead atoms. The van der Waals surface area contributed by atoms with Crippen LogP contribution in [0.25, 0.3) is 0 Å². The third-order valence-electron chi connectivity index (χ3n) is 5.39. The highest BCUT2D eigenvalue weighted by atomic mass is 32.1. The molecule has 1 fully saturated rings. The summed E-state index contributed by atoms with van der Waals surface area (Å²) in [5.41, 5.74) is 7.12. The van der Waals surface area contributed by atoms with E-state index in [0.29, 0.717) is 29.7 Å². The highest BCUT2D eigenvalue weighted by molar-refractivity contribution is 7.10. The van der Waals surface area contributed by atoms with Crippen molar-refractivity contribution in [3.05, 3.63) is 59.5 Å². The molecule has 10 heteroatoms. The molecule has 2 aromatic heterocycles. The summed E-state index contributed by atoms with van der Waals surface area (Å²) in [7, 11) is 0. The molecular weight excluding hydrogens is 426 g/mol. The molecule has 1 saturated heterocycles. The molecule has 4 N–H and O–H groups in total. The van der Waals surface area contributed by atoms with Gasteiger partial charge in [-0.2, -0.15) is 4.37 Å². The van der Waals surface area contributed by atoms with Crippen LogP contribution in [0.15, 0.2) is 42.6 Å². The second-order valence-corrected chi connectivity index (χ2v) is 8.56. The minimum Gasteiger partial charge on any atom is -0.364 e. The van der Waals surface area contributed by atoms with Crippen molar-refractivity contribution < 1.29 is 9.59 Å². The van der Waals surface area contributed by atoms with Gasteiger partial charge in [0.1, 0.15) is 10.8 Å². The average molecular weight is 452 g/mol. The number of carbonyl (C=O) groups excluding carboxylic acids is 2. The molecule has 0 spiro atoms. The van der Waals surface area contributed by atoms with Crippen LogP contribution in [0.2, 0.25) is 0 Å². The number of hydrogen-bond donors (Lipinski definition) is 3. The van der Waals surface area contributed by atoms with Crippen LogP contribution < -0.4 is 21.3 Å². The highest BCUT2D eigenvalue weighted by Crippen LogP contribution is 2.26. The summed E-state index contributed by atoms with van der Waals surface area (Å²) < 4.78 is 4.23. The maximum Gasteiger partial charge on any atom is 0.271 e. The predicted molar refractivity (Wildman–Crippen MR) is 124 cm³/mol. The van der Waals surface area contributed by atoms with Crippen LogP contribution in [-0.2, 0) is 0 Å². The summed E-state index contributed by atoms with van der Waals surface area (Å²) in [5, 5.41) is 6.92. The maximum atomic E-state index is 12.3. The third kappa shape index (κ3) is 5.20. The zero-order chi connectivity index (χ0) is 22.5. The number of primary amides is 1. The molecule has 4 rings (SSSR count). The van der Waals surface area contributed by atoms with E-state index in [1.807, 2.05) is 43.3 Å². The zero-order valence-corrected chi connectivity index (χ0v) is 18.6. The number of carbonyl (C=O) groups is 2. The van der Waals surface area contributed by atoms with Crippen molar-refractivity contribution in [3.63, 3.8) is 0 Å². The van der Waals surface area contributed by atoms with Gasteiger partial charge in [0.25, 0.3) is 11.8 Å². The van der Waals surface area contributed by atoms with E-state index >= 15 is 0 Å². The van der Waals surface area contributed by atoms with E-state index in [1.165, 1.54) is 11.5 Å². The van der Waals surface area contributed by atoms with Crippen molar-refractivity contribution in [3.8, 4) is 0 Å². The first-order valence-electron chi connectivity index (χ1n) is 10.4. The Morgan fingerprint density at radius 1 is 1.22 bits per heavy atom. The number of anilines is 3. The molecule has 9 nitrogen and oxygen atoms in total. The third-order valence-corrected chi connectivity index (χ3v) is 6.18. The Balaban J connectivity index is 1.37. The number of amides is 2. The molecular formula is C22H25N7O2S. The molecule has 0 atom stereocenters. The van der Waals surface area contributed by atoms with Crippen LogP contribution in [-0.4, -0.2) is 45.8 Å². The van der Waals surface area contributed by atoms with Gasteiger partial charge in [-0.15, -0.1) is 0 Å². The van der Waals surface area contributed by atoms with Crippen molar-refractivity contribution in [1.82, 2.24) is 19.7 Å². The van der Waals surface area contributed by atoms with Crippen LogP contribution in [0.1, 0.15) is 39.4 Å². The quantitative estimate of drug-likeness (QED) is 0.504. The summed E-state index contributed by atoms with van der Waals surface area (Å²) in [6.45, 7) is 4.11. The average Bonchev–Trinajstić information content (AvgIpc) is 3.22. The molecule has 166 valence electrons. The molecule has 1 aromatic carbocycles. The van der Waals surface area contributed by atoms with Crippen LogP contribution >= 0.6 is 11.5 Å². The van der Waals surface area contributed by atoms with E-state index < -0.39 is 5.91 Å². The molecule has 3 aromatic rings. The Bertz CT molecular complexity index is 1090. The fourth-order valence-electron chi connectivity index (χ4n) is 3.63. The summed E-state index contributed by atoms with van der Waals surface area (Å²) in [5.74, 6) is 0.728. The van der Waals surface area contributed by atoms with Gasteiger partial charge >= 0.3 is 0 Å². The highest BCUT2D eigenvalue weighted by Gasteiger charge is 2.23. The van der Waals surface area contributed by atoms with Gasteiger partial charge in [-0.05, 0) is 55.4 Å². The van der Waals surface area contributed by atoms with E-state index in [1.54, 1.807) is 6.20 Å². The number of benzene rings is 1. The molecule has 1 aliphatic heterocycles. The molecule has 0 aliphatic carbocycles. The lowest BCUT2D eigenvalue weighted by atomic mass is 9.96. The summed E-state index contributed by atoms with van der Waals surface area (Å²) >= 11 is 1.28. The second-order valence-electron chi connectivity index (χ2n) is 7.75. The molecule has 1 aliphatic rings. The van der Waals surface area contributed by atoms with Gasteiger partial charge in [-0.25, -0.2) is 9.97 Å². The van der Waals surface area contributed by atoms with Gasteiger partial charge in [0.05, 0.1) is 11.9 Å². The minimum atomic E-state index is -0.638. The molecule has 0 saturated carbocycles. The van der Waals surface area contributed by atoms with Gasteiger partial charge in [0, 0.05) is 25.2 Å². The van der Waals surface area contributed by atoms with E-state index in [0.717, 1.165) is 36.6 Å². The van der Waals surface area contributed by atoms with E-state index in [2.05, 4.69) is 29.9 Å². The number of nitrogens with zero attached hydrogens (tertiary/aromatic N) is 4.